The van der Waals surface area contributed by atoms with Gasteiger partial charge in [0.15, 0.2) is 0 Å². The van der Waals surface area contributed by atoms with Crippen LogP contribution in [-0.4, -0.2) is 40.7 Å². The number of carbonyl (C=O) groups is 2. The Bertz CT molecular complexity index is 521. The van der Waals surface area contributed by atoms with Crippen molar-refractivity contribution in [2.45, 2.75) is 19.2 Å². The molecule has 0 unspecified atom stereocenters. The summed E-state index contributed by atoms with van der Waals surface area (Å²) in [5.74, 6) is -1.71. The molecule has 1 aromatic carbocycles. The second-order valence-corrected chi connectivity index (χ2v) is 3.72. The zero-order valence-corrected chi connectivity index (χ0v) is 11.0. The van der Waals surface area contributed by atoms with Gasteiger partial charge >= 0.3 is 5.97 Å². The lowest BCUT2D eigenvalue weighted by Crippen LogP contribution is -2.14. The van der Waals surface area contributed by atoms with Crippen LogP contribution in [0.2, 0.25) is 0 Å². The number of carbonyl (C=O) groups excluding carboxylic acids is 1. The van der Waals surface area contributed by atoms with Gasteiger partial charge in [0, 0.05) is 12.0 Å². The number of nitrogens with zero attached hydrogens (tertiary/aromatic N) is 1. The van der Waals surface area contributed by atoms with Gasteiger partial charge in [-0.2, -0.15) is 0 Å². The fourth-order valence-corrected chi connectivity index (χ4v) is 1.51. The lowest BCUT2D eigenvalue weighted by atomic mass is 9.95. The van der Waals surface area contributed by atoms with Crippen LogP contribution in [0, 0.1) is 10.1 Å². The second kappa shape index (κ2) is 9.45. The van der Waals surface area contributed by atoms with E-state index in [0.29, 0.717) is 5.56 Å². The number of hydrogen-bond acceptors (Lipinski definition) is 4. The SMILES string of the molecule is O.O.[B]Cc1cccc(NC(=O)CCC(=O)O)c1[N+](=O)[O-]. The number of nitrogens with one attached hydrogen (secondary N) is 1. The summed E-state index contributed by atoms with van der Waals surface area (Å²) < 4.78 is 0. The number of carboxylic acid groups (broad SMARTS) is 1. The van der Waals surface area contributed by atoms with Crippen LogP contribution in [0.25, 0.3) is 0 Å². The van der Waals surface area contributed by atoms with Gasteiger partial charge < -0.3 is 21.4 Å². The number of aliphatic carboxylic acids is 1. The fourth-order valence-electron chi connectivity index (χ4n) is 1.51. The lowest BCUT2D eigenvalue weighted by molar-refractivity contribution is -0.384. The van der Waals surface area contributed by atoms with E-state index in [9.17, 15) is 19.7 Å². The summed E-state index contributed by atoms with van der Waals surface area (Å²) in [6.07, 6.45) is -0.620. The van der Waals surface area contributed by atoms with Crippen molar-refractivity contribution in [1.82, 2.24) is 0 Å². The minimum atomic E-state index is -1.11. The van der Waals surface area contributed by atoms with E-state index in [1.165, 1.54) is 18.2 Å². The third-order valence-electron chi connectivity index (χ3n) is 2.36. The molecule has 0 fully saturated rings. The Labute approximate surface area is 121 Å². The number of anilines is 1. The summed E-state index contributed by atoms with van der Waals surface area (Å²) in [7, 11) is 5.39. The van der Waals surface area contributed by atoms with Gasteiger partial charge in [0.2, 0.25) is 5.91 Å². The molecular formula is C11H15BN2O7. The zero-order chi connectivity index (χ0) is 14.4. The number of rotatable bonds is 6. The molecule has 0 heterocycles. The van der Waals surface area contributed by atoms with Gasteiger partial charge in [-0.15, -0.1) is 0 Å². The standard InChI is InChI=1S/C11H11BN2O5.2H2O/c12-6-7-2-1-3-8(11(7)14(18)19)13-9(15)4-5-10(16)17;;/h1-3H,4-6H2,(H,13,15)(H,16,17);2*1H2. The highest BCUT2D eigenvalue weighted by Crippen LogP contribution is 2.28. The first-order valence-electron chi connectivity index (χ1n) is 5.43. The summed E-state index contributed by atoms with van der Waals surface area (Å²) in [6, 6.07) is 4.39. The van der Waals surface area contributed by atoms with Gasteiger partial charge in [-0.1, -0.05) is 18.5 Å². The fraction of sp³-hybridized carbons (Fsp3) is 0.273. The van der Waals surface area contributed by atoms with E-state index in [4.69, 9.17) is 13.0 Å². The van der Waals surface area contributed by atoms with E-state index in [2.05, 4.69) is 5.32 Å². The number of nitro groups is 1. The van der Waals surface area contributed by atoms with Crippen LogP contribution in [0.5, 0.6) is 0 Å². The summed E-state index contributed by atoms with van der Waals surface area (Å²) >= 11 is 0. The van der Waals surface area contributed by atoms with Crippen molar-refractivity contribution in [2.75, 3.05) is 5.32 Å². The molecule has 0 bridgehead atoms. The van der Waals surface area contributed by atoms with Crippen molar-refractivity contribution in [3.05, 3.63) is 33.9 Å². The first-order chi connectivity index (χ1) is 8.95. The second-order valence-electron chi connectivity index (χ2n) is 3.72. The van der Waals surface area contributed by atoms with Crippen molar-refractivity contribution < 1.29 is 30.6 Å². The van der Waals surface area contributed by atoms with E-state index in [1.54, 1.807) is 0 Å². The summed E-state index contributed by atoms with van der Waals surface area (Å²) in [4.78, 5) is 32.1. The zero-order valence-electron chi connectivity index (χ0n) is 11.0. The maximum Gasteiger partial charge on any atom is 0.303 e. The molecule has 0 aliphatic rings. The lowest BCUT2D eigenvalue weighted by Gasteiger charge is -2.08. The van der Waals surface area contributed by atoms with Crippen molar-refractivity contribution in [3.63, 3.8) is 0 Å². The Morgan fingerprint density at radius 2 is 1.90 bits per heavy atom. The molecule has 0 atom stereocenters. The Morgan fingerprint density at radius 3 is 2.38 bits per heavy atom. The van der Waals surface area contributed by atoms with Gasteiger partial charge in [-0.3, -0.25) is 19.7 Å². The predicted molar refractivity (Wildman–Crippen MR) is 75.3 cm³/mol. The molecule has 6 N–H and O–H groups in total. The highest BCUT2D eigenvalue weighted by molar-refractivity contribution is 6.09. The molecule has 114 valence electrons. The third-order valence-corrected chi connectivity index (χ3v) is 2.36. The summed E-state index contributed by atoms with van der Waals surface area (Å²) in [5.41, 5.74) is 0.0399. The van der Waals surface area contributed by atoms with Crippen LogP contribution in [0.3, 0.4) is 0 Å². The highest BCUT2D eigenvalue weighted by atomic mass is 16.6. The maximum atomic E-state index is 11.5. The molecule has 1 amide bonds. The van der Waals surface area contributed by atoms with Crippen molar-refractivity contribution in [2.24, 2.45) is 0 Å². The molecule has 0 saturated carbocycles. The first kappa shape index (κ1) is 20.9. The van der Waals surface area contributed by atoms with Gasteiger partial charge in [0.05, 0.1) is 19.2 Å². The monoisotopic (exact) mass is 298 g/mol. The molecule has 1 rings (SSSR count). The molecule has 0 aliphatic heterocycles. The van der Waals surface area contributed by atoms with E-state index < -0.39 is 16.8 Å². The maximum absolute atomic E-state index is 11.5. The number of nitro benzene ring substituents is 1. The number of hydrogen-bond donors (Lipinski definition) is 2. The Hall–Kier alpha value is -2.46. The Morgan fingerprint density at radius 1 is 1.29 bits per heavy atom. The molecule has 0 aromatic heterocycles. The average Bonchev–Trinajstić information content (AvgIpc) is 2.35. The van der Waals surface area contributed by atoms with E-state index in [-0.39, 0.29) is 41.5 Å². The van der Waals surface area contributed by atoms with Crippen molar-refractivity contribution in [3.8, 4) is 0 Å². The van der Waals surface area contributed by atoms with E-state index in [0.717, 1.165) is 0 Å². The van der Waals surface area contributed by atoms with Crippen LogP contribution < -0.4 is 5.32 Å². The van der Waals surface area contributed by atoms with E-state index in [1.807, 2.05) is 0 Å². The minimum Gasteiger partial charge on any atom is -0.481 e. The van der Waals surface area contributed by atoms with Crippen molar-refractivity contribution in [1.29, 1.82) is 0 Å². The quantitative estimate of drug-likeness (QED) is 0.405. The molecule has 0 spiro atoms. The largest absolute Gasteiger partial charge is 0.481 e. The van der Waals surface area contributed by atoms with Crippen LogP contribution in [0.15, 0.2) is 18.2 Å². The topological polar surface area (TPSA) is 173 Å². The number of benzene rings is 1. The first-order valence-corrected chi connectivity index (χ1v) is 5.43. The Balaban J connectivity index is 0. The molecule has 21 heavy (non-hydrogen) atoms. The molecule has 0 saturated heterocycles. The Kier molecular flexibility index (Phi) is 9.38. The van der Waals surface area contributed by atoms with Crippen LogP contribution in [0.1, 0.15) is 18.4 Å². The normalized spacial score (nSPS) is 8.95. The summed E-state index contributed by atoms with van der Waals surface area (Å²) in [5, 5.41) is 21.7. The molecule has 0 aliphatic carbocycles. The molecule has 2 radical (unpaired) electrons. The molecule has 9 nitrogen and oxygen atoms in total. The van der Waals surface area contributed by atoms with Gasteiger partial charge in [0.1, 0.15) is 5.69 Å². The van der Waals surface area contributed by atoms with Gasteiger partial charge in [-0.25, -0.2) is 0 Å². The number of para-hydroxylation sites is 1. The van der Waals surface area contributed by atoms with Gasteiger partial charge in [0.25, 0.3) is 5.69 Å². The smallest absolute Gasteiger partial charge is 0.303 e. The van der Waals surface area contributed by atoms with Crippen LogP contribution in [0.4, 0.5) is 11.4 Å². The number of carboxylic acids is 1. The van der Waals surface area contributed by atoms with Crippen molar-refractivity contribution >= 4 is 31.1 Å². The molecule has 1 aromatic rings. The highest BCUT2D eigenvalue weighted by Gasteiger charge is 2.19. The number of amides is 1. The molecular weight excluding hydrogens is 283 g/mol. The average molecular weight is 298 g/mol. The van der Waals surface area contributed by atoms with Gasteiger partial charge in [-0.05, 0) is 6.07 Å². The van der Waals surface area contributed by atoms with Crippen LogP contribution >= 0.6 is 0 Å². The third kappa shape index (κ3) is 6.02. The van der Waals surface area contributed by atoms with Crippen LogP contribution in [-0.2, 0) is 15.9 Å². The predicted octanol–water partition coefficient (Wildman–Crippen LogP) is -0.583. The summed E-state index contributed by atoms with van der Waals surface area (Å²) in [6.45, 7) is 0. The molecule has 10 heteroatoms. The van der Waals surface area contributed by atoms with E-state index >= 15 is 0 Å². The minimum absolute atomic E-state index is 0.